The number of aromatic nitrogens is 3. The van der Waals surface area contributed by atoms with Gasteiger partial charge in [0.25, 0.3) is 0 Å². The molecule has 0 unspecified atom stereocenters. The molecule has 5 rings (SSSR count). The summed E-state index contributed by atoms with van der Waals surface area (Å²) in [7, 11) is -4.05. The first-order valence-corrected chi connectivity index (χ1v) is 12.0. The number of rotatable bonds is 4. The number of nitrogen functional groups attached to an aromatic ring is 1. The van der Waals surface area contributed by atoms with E-state index in [1.165, 1.54) is 35.2 Å². The first-order chi connectivity index (χ1) is 15.8. The van der Waals surface area contributed by atoms with Gasteiger partial charge in [0.2, 0.25) is 9.84 Å². The van der Waals surface area contributed by atoms with Crippen LogP contribution in [0.2, 0.25) is 10.0 Å². The number of hydrogen-bond donors (Lipinski definition) is 1. The first kappa shape index (κ1) is 21.4. The molecule has 0 bridgehead atoms. The van der Waals surface area contributed by atoms with Crippen LogP contribution in [-0.2, 0) is 9.84 Å². The van der Waals surface area contributed by atoms with Crippen LogP contribution in [0.15, 0.2) is 87.7 Å². The fourth-order valence-corrected chi connectivity index (χ4v) is 5.26. The fourth-order valence-electron chi connectivity index (χ4n) is 3.45. The van der Waals surface area contributed by atoms with E-state index in [0.717, 1.165) is 0 Å². The molecule has 164 valence electrons. The highest BCUT2D eigenvalue weighted by Crippen LogP contribution is 2.35. The maximum Gasteiger partial charge on any atom is 0.212 e. The third-order valence-electron chi connectivity index (χ3n) is 4.99. The Hall–Kier alpha value is -3.46. The van der Waals surface area contributed by atoms with Crippen molar-refractivity contribution in [2.45, 2.75) is 9.79 Å². The average Bonchev–Trinajstić information content (AvgIpc) is 3.07. The molecular weight excluding hydrogens is 481 g/mol. The Labute approximate surface area is 199 Å². The predicted molar refractivity (Wildman–Crippen MR) is 131 cm³/mol. The molecule has 0 aliphatic heterocycles. The van der Waals surface area contributed by atoms with Crippen molar-refractivity contribution < 1.29 is 8.42 Å². The molecule has 0 atom stereocenters. The van der Waals surface area contributed by atoms with E-state index in [0.29, 0.717) is 26.6 Å². The lowest BCUT2D eigenvalue weighted by molar-refractivity contribution is 0.597. The lowest BCUT2D eigenvalue weighted by Crippen LogP contribution is -2.06. The van der Waals surface area contributed by atoms with E-state index in [-0.39, 0.29) is 26.8 Å². The number of sulfone groups is 1. The van der Waals surface area contributed by atoms with E-state index in [4.69, 9.17) is 28.9 Å². The van der Waals surface area contributed by atoms with Gasteiger partial charge in [-0.25, -0.2) is 18.4 Å². The number of nitrogens with zero attached hydrogens (tertiary/aromatic N) is 4. The van der Waals surface area contributed by atoms with Gasteiger partial charge < -0.3 is 5.73 Å². The number of hydrogen-bond acceptors (Lipinski definition) is 6. The molecule has 0 saturated heterocycles. The maximum atomic E-state index is 13.6. The highest BCUT2D eigenvalue weighted by atomic mass is 35.5. The van der Waals surface area contributed by atoms with Crippen LogP contribution in [0.1, 0.15) is 5.56 Å². The molecule has 0 spiro atoms. The van der Waals surface area contributed by atoms with Crippen LogP contribution in [0, 0.1) is 0 Å². The summed E-state index contributed by atoms with van der Waals surface area (Å²) >= 11 is 12.0. The van der Waals surface area contributed by atoms with Crippen molar-refractivity contribution in [3.8, 4) is 0 Å². The molecule has 2 heterocycles. The van der Waals surface area contributed by atoms with Crippen LogP contribution < -0.4 is 5.73 Å². The Morgan fingerprint density at radius 1 is 0.879 bits per heavy atom. The van der Waals surface area contributed by atoms with Crippen molar-refractivity contribution >= 4 is 67.3 Å². The predicted octanol–water partition coefficient (Wildman–Crippen LogP) is 5.19. The molecule has 0 aliphatic carbocycles. The van der Waals surface area contributed by atoms with Crippen LogP contribution >= 0.6 is 23.2 Å². The molecular formula is C23H15Cl2N5O2S. The number of anilines is 1. The summed E-state index contributed by atoms with van der Waals surface area (Å²) in [5.74, 6) is -0.103. The molecule has 10 heteroatoms. The van der Waals surface area contributed by atoms with Gasteiger partial charge in [-0.1, -0.05) is 47.5 Å². The molecule has 0 aliphatic rings. The van der Waals surface area contributed by atoms with Crippen LogP contribution in [-0.4, -0.2) is 29.3 Å². The number of fused-ring (bicyclic) bond motifs is 2. The normalized spacial score (nSPS) is 12.2. The summed E-state index contributed by atoms with van der Waals surface area (Å²) in [6.45, 7) is 0. The summed E-state index contributed by atoms with van der Waals surface area (Å²) in [6, 6.07) is 20.1. The van der Waals surface area contributed by atoms with E-state index in [9.17, 15) is 8.42 Å². The van der Waals surface area contributed by atoms with E-state index in [2.05, 4.69) is 15.1 Å². The van der Waals surface area contributed by atoms with Gasteiger partial charge in [0, 0.05) is 10.0 Å². The SMILES string of the molecule is Nc1c(S(=O)(=O)c2ccc(Cl)cc2)c2nc3ccccc3nc2n1N=Cc1cccc(Cl)c1. The third kappa shape index (κ3) is 3.82. The molecule has 2 N–H and O–H groups in total. The molecule has 5 aromatic rings. The first-order valence-electron chi connectivity index (χ1n) is 9.72. The standard InChI is InChI=1S/C23H15Cl2N5O2S/c24-15-8-10-17(11-9-15)33(31,32)21-20-23(29-19-7-2-1-6-18(19)28-20)30(22(21)26)27-13-14-4-3-5-16(25)12-14/h1-13H,26H2. The second kappa shape index (κ2) is 8.15. The van der Waals surface area contributed by atoms with Gasteiger partial charge in [-0.3, -0.25) is 0 Å². The average molecular weight is 496 g/mol. The number of halogens is 2. The minimum absolute atomic E-state index is 0.0337. The molecule has 7 nitrogen and oxygen atoms in total. The largest absolute Gasteiger partial charge is 0.382 e. The lowest BCUT2D eigenvalue weighted by atomic mass is 10.2. The molecule has 0 saturated carbocycles. The number of nitrogens with two attached hydrogens (primary N) is 1. The third-order valence-corrected chi connectivity index (χ3v) is 7.31. The zero-order chi connectivity index (χ0) is 23.2. The second-order valence-corrected chi connectivity index (χ2v) is 9.93. The molecule has 33 heavy (non-hydrogen) atoms. The summed E-state index contributed by atoms with van der Waals surface area (Å²) in [5.41, 5.74) is 8.54. The highest BCUT2D eigenvalue weighted by Gasteiger charge is 2.30. The molecule has 2 aromatic heterocycles. The van der Waals surface area contributed by atoms with Crippen molar-refractivity contribution in [3.63, 3.8) is 0 Å². The summed E-state index contributed by atoms with van der Waals surface area (Å²) in [5, 5.41) is 5.37. The molecule has 0 fully saturated rings. The number of para-hydroxylation sites is 2. The Morgan fingerprint density at radius 3 is 2.27 bits per heavy atom. The minimum Gasteiger partial charge on any atom is -0.382 e. The van der Waals surface area contributed by atoms with Gasteiger partial charge in [0.15, 0.2) is 5.65 Å². The minimum atomic E-state index is -4.05. The Morgan fingerprint density at radius 2 is 1.58 bits per heavy atom. The zero-order valence-corrected chi connectivity index (χ0v) is 19.2. The zero-order valence-electron chi connectivity index (χ0n) is 16.9. The number of benzene rings is 3. The van der Waals surface area contributed by atoms with Crippen molar-refractivity contribution in [2.75, 3.05) is 5.73 Å². The summed E-state index contributed by atoms with van der Waals surface area (Å²) in [4.78, 5) is 9.05. The van der Waals surface area contributed by atoms with Crippen LogP contribution in [0.4, 0.5) is 5.82 Å². The molecule has 0 radical (unpaired) electrons. The van der Waals surface area contributed by atoms with E-state index in [1.54, 1.807) is 36.4 Å². The van der Waals surface area contributed by atoms with Gasteiger partial charge in [-0.15, -0.1) is 0 Å². The highest BCUT2D eigenvalue weighted by molar-refractivity contribution is 7.92. The van der Waals surface area contributed by atoms with E-state index < -0.39 is 9.84 Å². The Kier molecular flexibility index (Phi) is 5.28. The Balaban J connectivity index is 1.79. The van der Waals surface area contributed by atoms with Crippen LogP contribution in [0.25, 0.3) is 22.2 Å². The van der Waals surface area contributed by atoms with Crippen molar-refractivity contribution in [1.29, 1.82) is 0 Å². The lowest BCUT2D eigenvalue weighted by Gasteiger charge is -2.05. The van der Waals surface area contributed by atoms with E-state index >= 15 is 0 Å². The quantitative estimate of drug-likeness (QED) is 0.345. The summed E-state index contributed by atoms with van der Waals surface area (Å²) < 4.78 is 28.4. The maximum absolute atomic E-state index is 13.6. The Bertz CT molecular complexity index is 1660. The van der Waals surface area contributed by atoms with E-state index in [1.807, 2.05) is 12.1 Å². The van der Waals surface area contributed by atoms with Crippen LogP contribution in [0.3, 0.4) is 0 Å². The van der Waals surface area contributed by atoms with Gasteiger partial charge in [-0.2, -0.15) is 9.78 Å². The monoisotopic (exact) mass is 495 g/mol. The van der Waals surface area contributed by atoms with Crippen molar-refractivity contribution in [2.24, 2.45) is 5.10 Å². The molecule has 3 aromatic carbocycles. The van der Waals surface area contributed by atoms with Crippen LogP contribution in [0.5, 0.6) is 0 Å². The van der Waals surface area contributed by atoms with Crippen molar-refractivity contribution in [3.05, 3.63) is 88.4 Å². The fraction of sp³-hybridized carbons (Fsp3) is 0. The second-order valence-electron chi connectivity index (χ2n) is 7.17. The molecule has 0 amide bonds. The van der Waals surface area contributed by atoms with Crippen molar-refractivity contribution in [1.82, 2.24) is 14.6 Å². The van der Waals surface area contributed by atoms with Gasteiger partial charge >= 0.3 is 0 Å². The smallest absolute Gasteiger partial charge is 0.212 e. The van der Waals surface area contributed by atoms with Gasteiger partial charge in [-0.05, 0) is 54.1 Å². The van der Waals surface area contributed by atoms with Gasteiger partial charge in [0.1, 0.15) is 16.2 Å². The van der Waals surface area contributed by atoms with Gasteiger partial charge in [0.05, 0.1) is 22.1 Å². The summed E-state index contributed by atoms with van der Waals surface area (Å²) in [6.07, 6.45) is 1.53. The topological polar surface area (TPSA) is 103 Å².